The summed E-state index contributed by atoms with van der Waals surface area (Å²) in [5.74, 6) is -0.111. The molecule has 3 aromatic rings. The van der Waals surface area contributed by atoms with Crippen LogP contribution in [-0.2, 0) is 0 Å². The number of aliphatic hydroxyl groups is 1. The molecule has 3 nitrogen and oxygen atoms in total. The van der Waals surface area contributed by atoms with Crippen LogP contribution in [0.25, 0.3) is 10.8 Å². The lowest BCUT2D eigenvalue weighted by Crippen LogP contribution is -2.25. The second-order valence-corrected chi connectivity index (χ2v) is 5.99. The summed E-state index contributed by atoms with van der Waals surface area (Å²) in [6, 6.07) is 21.4. The molecule has 3 rings (SSSR count). The van der Waals surface area contributed by atoms with Crippen LogP contribution in [-0.4, -0.2) is 17.6 Å². The third-order valence-corrected chi connectivity index (χ3v) is 4.20. The van der Waals surface area contributed by atoms with E-state index < -0.39 is 6.10 Å². The van der Waals surface area contributed by atoms with E-state index in [1.807, 2.05) is 73.7 Å². The summed E-state index contributed by atoms with van der Waals surface area (Å²) in [5, 5.41) is 15.5. The van der Waals surface area contributed by atoms with Crippen molar-refractivity contribution in [2.45, 2.75) is 19.4 Å². The zero-order chi connectivity index (χ0) is 16.9. The maximum Gasteiger partial charge on any atom is 0.251 e. The minimum absolute atomic E-state index is 0.111. The minimum Gasteiger partial charge on any atom is -0.388 e. The number of rotatable bonds is 5. The molecule has 0 spiro atoms. The molecule has 0 aliphatic rings. The van der Waals surface area contributed by atoms with E-state index in [2.05, 4.69) is 5.32 Å². The molecule has 1 unspecified atom stereocenters. The molecule has 0 saturated carbocycles. The zero-order valence-electron chi connectivity index (χ0n) is 13.7. The first-order valence-corrected chi connectivity index (χ1v) is 8.16. The Bertz CT molecular complexity index is 835. The highest BCUT2D eigenvalue weighted by molar-refractivity contribution is 5.94. The van der Waals surface area contributed by atoms with Crippen molar-refractivity contribution in [2.24, 2.45) is 0 Å². The summed E-state index contributed by atoms with van der Waals surface area (Å²) in [4.78, 5) is 12.1. The smallest absolute Gasteiger partial charge is 0.251 e. The number of fused-ring (bicyclic) bond motifs is 1. The van der Waals surface area contributed by atoms with Gasteiger partial charge in [-0.05, 0) is 41.8 Å². The third kappa shape index (κ3) is 3.63. The number of aliphatic hydroxyl groups excluding tert-OH is 1. The minimum atomic E-state index is -0.602. The van der Waals surface area contributed by atoms with E-state index in [1.54, 1.807) is 0 Å². The van der Waals surface area contributed by atoms with E-state index in [-0.39, 0.29) is 5.91 Å². The fourth-order valence-electron chi connectivity index (χ4n) is 2.83. The van der Waals surface area contributed by atoms with Crippen LogP contribution < -0.4 is 5.32 Å². The van der Waals surface area contributed by atoms with Gasteiger partial charge in [-0.3, -0.25) is 4.79 Å². The predicted octanol–water partition coefficient (Wildman–Crippen LogP) is 4.00. The Morgan fingerprint density at radius 2 is 1.71 bits per heavy atom. The molecule has 3 aromatic carbocycles. The first-order chi connectivity index (χ1) is 11.6. The summed E-state index contributed by atoms with van der Waals surface area (Å²) in [6.07, 6.45) is -0.125. The fraction of sp³-hybridized carbons (Fsp3) is 0.190. The first-order valence-electron chi connectivity index (χ1n) is 8.16. The Morgan fingerprint density at radius 1 is 1.00 bits per heavy atom. The van der Waals surface area contributed by atoms with Crippen LogP contribution in [0.1, 0.15) is 34.0 Å². The number of nitrogens with one attached hydrogen (secondary N) is 1. The predicted molar refractivity (Wildman–Crippen MR) is 97.0 cm³/mol. The van der Waals surface area contributed by atoms with Gasteiger partial charge < -0.3 is 10.4 Å². The Morgan fingerprint density at radius 3 is 2.50 bits per heavy atom. The fourth-order valence-corrected chi connectivity index (χ4v) is 2.83. The standard InChI is InChI=1S/C21H21NO2/c1-15-9-11-17(12-10-15)21(24)22-14-13-20(23)19-8-4-6-16-5-2-3-7-18(16)19/h2-12,20,23H,13-14H2,1H3,(H,22,24). The molecule has 0 radical (unpaired) electrons. The molecule has 0 bridgehead atoms. The van der Waals surface area contributed by atoms with Gasteiger partial charge in [0, 0.05) is 12.1 Å². The lowest BCUT2D eigenvalue weighted by Gasteiger charge is -2.14. The van der Waals surface area contributed by atoms with Crippen LogP contribution in [0.2, 0.25) is 0 Å². The Balaban J connectivity index is 1.62. The monoisotopic (exact) mass is 319 g/mol. The van der Waals surface area contributed by atoms with Gasteiger partial charge in [0.25, 0.3) is 5.91 Å². The van der Waals surface area contributed by atoms with Gasteiger partial charge in [-0.15, -0.1) is 0 Å². The molecule has 1 atom stereocenters. The number of aryl methyl sites for hydroxylation is 1. The number of benzene rings is 3. The highest BCUT2D eigenvalue weighted by Gasteiger charge is 2.12. The van der Waals surface area contributed by atoms with E-state index in [4.69, 9.17) is 0 Å². The van der Waals surface area contributed by atoms with Crippen molar-refractivity contribution < 1.29 is 9.90 Å². The molecule has 2 N–H and O–H groups in total. The normalized spacial score (nSPS) is 12.1. The number of carbonyl (C=O) groups excluding carboxylic acids is 1. The Kier molecular flexibility index (Phi) is 4.92. The number of carbonyl (C=O) groups is 1. The zero-order valence-corrected chi connectivity index (χ0v) is 13.7. The highest BCUT2D eigenvalue weighted by Crippen LogP contribution is 2.25. The molecule has 0 aliphatic heterocycles. The number of amides is 1. The van der Waals surface area contributed by atoms with Crippen molar-refractivity contribution in [3.05, 3.63) is 83.4 Å². The summed E-state index contributed by atoms with van der Waals surface area (Å²) in [6.45, 7) is 2.42. The maximum absolute atomic E-state index is 12.1. The molecule has 24 heavy (non-hydrogen) atoms. The van der Waals surface area contributed by atoms with Gasteiger partial charge in [0.05, 0.1) is 6.10 Å². The SMILES string of the molecule is Cc1ccc(C(=O)NCCC(O)c2cccc3ccccc23)cc1. The van der Waals surface area contributed by atoms with E-state index in [1.165, 1.54) is 0 Å². The van der Waals surface area contributed by atoms with Crippen LogP contribution in [0.15, 0.2) is 66.7 Å². The topological polar surface area (TPSA) is 49.3 Å². The van der Waals surface area contributed by atoms with Gasteiger partial charge in [0.1, 0.15) is 0 Å². The van der Waals surface area contributed by atoms with Crippen LogP contribution in [0.3, 0.4) is 0 Å². The Labute approximate surface area is 142 Å². The van der Waals surface area contributed by atoms with Gasteiger partial charge in [-0.25, -0.2) is 0 Å². The molecule has 0 aromatic heterocycles. The molecule has 1 amide bonds. The number of hydrogen-bond acceptors (Lipinski definition) is 2. The molecule has 0 aliphatic carbocycles. The van der Waals surface area contributed by atoms with Crippen molar-refractivity contribution in [3.8, 4) is 0 Å². The Hall–Kier alpha value is -2.65. The second-order valence-electron chi connectivity index (χ2n) is 5.99. The summed E-state index contributed by atoms with van der Waals surface area (Å²) < 4.78 is 0. The third-order valence-electron chi connectivity index (χ3n) is 4.20. The quantitative estimate of drug-likeness (QED) is 0.747. The lowest BCUT2D eigenvalue weighted by molar-refractivity contribution is 0.0943. The van der Waals surface area contributed by atoms with Crippen molar-refractivity contribution in [1.82, 2.24) is 5.32 Å². The van der Waals surface area contributed by atoms with Crippen molar-refractivity contribution in [1.29, 1.82) is 0 Å². The van der Waals surface area contributed by atoms with Crippen molar-refractivity contribution in [3.63, 3.8) is 0 Å². The van der Waals surface area contributed by atoms with Crippen LogP contribution >= 0.6 is 0 Å². The molecule has 0 heterocycles. The summed E-state index contributed by atoms with van der Waals surface area (Å²) in [5.41, 5.74) is 2.66. The number of hydrogen-bond donors (Lipinski definition) is 2. The maximum atomic E-state index is 12.1. The van der Waals surface area contributed by atoms with Crippen LogP contribution in [0.5, 0.6) is 0 Å². The average molecular weight is 319 g/mol. The van der Waals surface area contributed by atoms with E-state index in [9.17, 15) is 9.90 Å². The molecule has 3 heteroatoms. The van der Waals surface area contributed by atoms with Crippen molar-refractivity contribution in [2.75, 3.05) is 6.54 Å². The van der Waals surface area contributed by atoms with Gasteiger partial charge in [0.15, 0.2) is 0 Å². The second kappa shape index (κ2) is 7.28. The molecule has 122 valence electrons. The van der Waals surface area contributed by atoms with Gasteiger partial charge in [-0.1, -0.05) is 60.2 Å². The highest BCUT2D eigenvalue weighted by atomic mass is 16.3. The molecule has 0 fully saturated rings. The summed E-state index contributed by atoms with van der Waals surface area (Å²) in [7, 11) is 0. The first kappa shape index (κ1) is 16.2. The van der Waals surface area contributed by atoms with Gasteiger partial charge >= 0.3 is 0 Å². The summed E-state index contributed by atoms with van der Waals surface area (Å²) >= 11 is 0. The van der Waals surface area contributed by atoms with Gasteiger partial charge in [0.2, 0.25) is 0 Å². The van der Waals surface area contributed by atoms with E-state index in [0.29, 0.717) is 18.5 Å². The van der Waals surface area contributed by atoms with Crippen LogP contribution in [0.4, 0.5) is 0 Å². The lowest BCUT2D eigenvalue weighted by atomic mass is 9.99. The van der Waals surface area contributed by atoms with Gasteiger partial charge in [-0.2, -0.15) is 0 Å². The van der Waals surface area contributed by atoms with Crippen LogP contribution in [0, 0.1) is 6.92 Å². The average Bonchev–Trinajstić information content (AvgIpc) is 2.61. The van der Waals surface area contributed by atoms with E-state index >= 15 is 0 Å². The largest absolute Gasteiger partial charge is 0.388 e. The molecular formula is C21H21NO2. The molecule has 0 saturated heterocycles. The van der Waals surface area contributed by atoms with Crippen molar-refractivity contribution >= 4 is 16.7 Å². The van der Waals surface area contributed by atoms with E-state index in [0.717, 1.165) is 21.9 Å². The molecular weight excluding hydrogens is 298 g/mol.